The average molecular weight is 226 g/mol. The highest BCUT2D eigenvalue weighted by molar-refractivity contribution is 5.27. The highest BCUT2D eigenvalue weighted by Gasteiger charge is 2.48. The summed E-state index contributed by atoms with van der Waals surface area (Å²) in [6.45, 7) is 0.495. The van der Waals surface area contributed by atoms with E-state index in [0.717, 1.165) is 18.9 Å². The smallest absolute Gasteiger partial charge is 0.128 e. The molecular formula is C12H16F2N2. The van der Waals surface area contributed by atoms with Gasteiger partial charge in [0.05, 0.1) is 0 Å². The van der Waals surface area contributed by atoms with Gasteiger partial charge in [0.1, 0.15) is 11.6 Å². The van der Waals surface area contributed by atoms with Gasteiger partial charge < -0.3 is 11.1 Å². The van der Waals surface area contributed by atoms with Crippen LogP contribution in [0.2, 0.25) is 0 Å². The highest BCUT2D eigenvalue weighted by Crippen LogP contribution is 2.54. The van der Waals surface area contributed by atoms with E-state index in [9.17, 15) is 8.78 Å². The summed E-state index contributed by atoms with van der Waals surface area (Å²) in [4.78, 5) is 0. The first-order chi connectivity index (χ1) is 7.63. The van der Waals surface area contributed by atoms with E-state index in [0.29, 0.717) is 12.1 Å². The molecule has 0 radical (unpaired) electrons. The Hall–Kier alpha value is -1.00. The molecule has 4 heteroatoms. The number of halogens is 2. The van der Waals surface area contributed by atoms with Crippen LogP contribution in [-0.4, -0.2) is 13.6 Å². The lowest BCUT2D eigenvalue weighted by Crippen LogP contribution is -2.32. The molecule has 0 bridgehead atoms. The van der Waals surface area contributed by atoms with Crippen LogP contribution in [0, 0.1) is 17.0 Å². The molecule has 0 aliphatic heterocycles. The zero-order valence-electron chi connectivity index (χ0n) is 9.26. The van der Waals surface area contributed by atoms with Crippen molar-refractivity contribution in [2.75, 3.05) is 13.6 Å². The summed E-state index contributed by atoms with van der Waals surface area (Å²) in [7, 11) is 1.75. The van der Waals surface area contributed by atoms with E-state index >= 15 is 0 Å². The van der Waals surface area contributed by atoms with Gasteiger partial charge in [-0.2, -0.15) is 0 Å². The van der Waals surface area contributed by atoms with Gasteiger partial charge in [-0.3, -0.25) is 0 Å². The molecule has 0 amide bonds. The first-order valence-electron chi connectivity index (χ1n) is 5.45. The molecule has 1 aliphatic carbocycles. The Bertz CT molecular complexity index is 389. The van der Waals surface area contributed by atoms with E-state index in [4.69, 9.17) is 5.73 Å². The third-order valence-electron chi connectivity index (χ3n) is 3.47. The zero-order valence-corrected chi connectivity index (χ0v) is 9.26. The topological polar surface area (TPSA) is 38.0 Å². The van der Waals surface area contributed by atoms with Crippen LogP contribution in [0.25, 0.3) is 0 Å². The third kappa shape index (κ3) is 1.83. The fourth-order valence-electron chi connectivity index (χ4n) is 2.30. The van der Waals surface area contributed by atoms with Crippen LogP contribution in [0.5, 0.6) is 0 Å². The van der Waals surface area contributed by atoms with Gasteiger partial charge in [0.2, 0.25) is 0 Å². The number of benzene rings is 1. The summed E-state index contributed by atoms with van der Waals surface area (Å²) in [6.07, 6.45) is 1.93. The maximum atomic E-state index is 13.7. The molecule has 1 aromatic rings. The third-order valence-corrected chi connectivity index (χ3v) is 3.47. The van der Waals surface area contributed by atoms with Gasteiger partial charge in [0.15, 0.2) is 0 Å². The molecule has 1 saturated carbocycles. The highest BCUT2D eigenvalue weighted by atomic mass is 19.1. The molecule has 2 rings (SSSR count). The molecule has 1 unspecified atom stereocenters. The number of nitrogens with one attached hydrogen (secondary N) is 1. The van der Waals surface area contributed by atoms with Crippen molar-refractivity contribution < 1.29 is 8.78 Å². The standard InChI is InChI=1S/C12H16F2N2/c1-16-11(12(7-15)4-5-12)9-6-8(13)2-3-10(9)14/h2-3,6,11,16H,4-5,7,15H2,1H3. The molecule has 1 aromatic carbocycles. The predicted octanol–water partition coefficient (Wildman–Crippen LogP) is 1.96. The lowest BCUT2D eigenvalue weighted by atomic mass is 9.90. The second-order valence-corrected chi connectivity index (χ2v) is 4.45. The number of nitrogens with two attached hydrogens (primary N) is 1. The fraction of sp³-hybridized carbons (Fsp3) is 0.500. The summed E-state index contributed by atoms with van der Waals surface area (Å²) in [6, 6.07) is 3.36. The summed E-state index contributed by atoms with van der Waals surface area (Å²) < 4.78 is 26.8. The Morgan fingerprint density at radius 3 is 2.62 bits per heavy atom. The fourth-order valence-corrected chi connectivity index (χ4v) is 2.30. The van der Waals surface area contributed by atoms with Crippen LogP contribution >= 0.6 is 0 Å². The Morgan fingerprint density at radius 1 is 1.44 bits per heavy atom. The van der Waals surface area contributed by atoms with E-state index < -0.39 is 5.82 Å². The Balaban J connectivity index is 2.37. The monoisotopic (exact) mass is 226 g/mol. The van der Waals surface area contributed by atoms with Crippen molar-refractivity contribution in [1.82, 2.24) is 5.32 Å². The minimum atomic E-state index is -0.413. The normalized spacial score (nSPS) is 19.5. The van der Waals surface area contributed by atoms with Crippen LogP contribution in [0.15, 0.2) is 18.2 Å². The lowest BCUT2D eigenvalue weighted by molar-refractivity contribution is 0.354. The molecule has 0 heterocycles. The largest absolute Gasteiger partial charge is 0.330 e. The molecule has 3 N–H and O–H groups in total. The zero-order chi connectivity index (χ0) is 11.8. The summed E-state index contributed by atoms with van der Waals surface area (Å²) in [5, 5.41) is 3.05. The van der Waals surface area contributed by atoms with Crippen LogP contribution in [0.1, 0.15) is 24.4 Å². The minimum Gasteiger partial charge on any atom is -0.330 e. The number of hydrogen-bond donors (Lipinski definition) is 2. The molecule has 1 fully saturated rings. The van der Waals surface area contributed by atoms with Crippen molar-refractivity contribution in [3.8, 4) is 0 Å². The van der Waals surface area contributed by atoms with E-state index in [1.807, 2.05) is 0 Å². The molecular weight excluding hydrogens is 210 g/mol. The lowest BCUT2D eigenvalue weighted by Gasteiger charge is -2.26. The van der Waals surface area contributed by atoms with E-state index in [1.54, 1.807) is 7.05 Å². The Morgan fingerprint density at radius 2 is 2.12 bits per heavy atom. The average Bonchev–Trinajstić information content (AvgIpc) is 3.05. The van der Waals surface area contributed by atoms with Crippen LogP contribution in [0.4, 0.5) is 8.78 Å². The number of rotatable bonds is 4. The van der Waals surface area contributed by atoms with Gasteiger partial charge >= 0.3 is 0 Å². The summed E-state index contributed by atoms with van der Waals surface area (Å²) in [5.41, 5.74) is 6.00. The predicted molar refractivity (Wildman–Crippen MR) is 58.9 cm³/mol. The van der Waals surface area contributed by atoms with Crippen LogP contribution < -0.4 is 11.1 Å². The van der Waals surface area contributed by atoms with Crippen LogP contribution in [-0.2, 0) is 0 Å². The Labute approximate surface area is 93.8 Å². The van der Waals surface area contributed by atoms with Gasteiger partial charge in [0, 0.05) is 17.0 Å². The van der Waals surface area contributed by atoms with Crippen molar-refractivity contribution >= 4 is 0 Å². The van der Waals surface area contributed by atoms with Crippen molar-refractivity contribution in [2.24, 2.45) is 11.1 Å². The molecule has 16 heavy (non-hydrogen) atoms. The SMILES string of the molecule is CNC(c1cc(F)ccc1F)C1(CN)CC1. The van der Waals surface area contributed by atoms with E-state index in [-0.39, 0.29) is 17.3 Å². The second kappa shape index (κ2) is 4.11. The van der Waals surface area contributed by atoms with Crippen molar-refractivity contribution in [3.63, 3.8) is 0 Å². The summed E-state index contributed by atoms with van der Waals surface area (Å²) in [5.74, 6) is -0.787. The van der Waals surface area contributed by atoms with E-state index in [2.05, 4.69) is 5.32 Å². The molecule has 0 saturated heterocycles. The molecule has 0 spiro atoms. The first kappa shape index (κ1) is 11.5. The molecule has 1 atom stereocenters. The molecule has 0 aromatic heterocycles. The van der Waals surface area contributed by atoms with Gasteiger partial charge in [-0.15, -0.1) is 0 Å². The quantitative estimate of drug-likeness (QED) is 0.823. The molecule has 1 aliphatic rings. The van der Waals surface area contributed by atoms with Gasteiger partial charge in [-0.05, 0) is 44.6 Å². The van der Waals surface area contributed by atoms with Gasteiger partial charge in [-0.25, -0.2) is 8.78 Å². The molecule has 88 valence electrons. The second-order valence-electron chi connectivity index (χ2n) is 4.45. The molecule has 2 nitrogen and oxygen atoms in total. The maximum Gasteiger partial charge on any atom is 0.128 e. The van der Waals surface area contributed by atoms with Crippen molar-refractivity contribution in [2.45, 2.75) is 18.9 Å². The maximum absolute atomic E-state index is 13.7. The number of hydrogen-bond acceptors (Lipinski definition) is 2. The Kier molecular flexibility index (Phi) is 2.95. The first-order valence-corrected chi connectivity index (χ1v) is 5.45. The van der Waals surface area contributed by atoms with Crippen molar-refractivity contribution in [1.29, 1.82) is 0 Å². The van der Waals surface area contributed by atoms with E-state index in [1.165, 1.54) is 12.1 Å². The minimum absolute atomic E-state index is 0.0939. The van der Waals surface area contributed by atoms with Gasteiger partial charge in [-0.1, -0.05) is 0 Å². The van der Waals surface area contributed by atoms with Gasteiger partial charge in [0.25, 0.3) is 0 Å². The summed E-state index contributed by atoms with van der Waals surface area (Å²) >= 11 is 0. The van der Waals surface area contributed by atoms with Crippen molar-refractivity contribution in [3.05, 3.63) is 35.4 Å². The van der Waals surface area contributed by atoms with Crippen LogP contribution in [0.3, 0.4) is 0 Å².